The highest BCUT2D eigenvalue weighted by molar-refractivity contribution is 9.10. The third kappa shape index (κ3) is 6.24. The first-order valence-corrected chi connectivity index (χ1v) is 11.4. The molecule has 0 atom stereocenters. The van der Waals surface area contributed by atoms with Gasteiger partial charge in [0.2, 0.25) is 15.9 Å². The molecule has 0 aliphatic rings. The van der Waals surface area contributed by atoms with E-state index in [9.17, 15) is 13.2 Å². The van der Waals surface area contributed by atoms with E-state index in [-0.39, 0.29) is 13.1 Å². The summed E-state index contributed by atoms with van der Waals surface area (Å²) in [5, 5.41) is 2.70. The van der Waals surface area contributed by atoms with Crippen LogP contribution in [0.25, 0.3) is 0 Å². The zero-order valence-corrected chi connectivity index (χ0v) is 18.9. The van der Waals surface area contributed by atoms with Gasteiger partial charge in [-0.1, -0.05) is 22.0 Å². The number of benzene rings is 2. The molecule has 0 fully saturated rings. The van der Waals surface area contributed by atoms with Crippen molar-refractivity contribution in [1.82, 2.24) is 5.32 Å². The highest BCUT2D eigenvalue weighted by Gasteiger charge is 2.21. The Kier molecular flexibility index (Phi) is 7.48. The highest BCUT2D eigenvalue weighted by atomic mass is 79.9. The van der Waals surface area contributed by atoms with Gasteiger partial charge in [0.05, 0.1) is 18.5 Å². The van der Waals surface area contributed by atoms with E-state index in [0.717, 1.165) is 31.9 Å². The minimum atomic E-state index is -3.60. The van der Waals surface area contributed by atoms with Crippen LogP contribution in [0.15, 0.2) is 40.9 Å². The van der Waals surface area contributed by atoms with Crippen molar-refractivity contribution in [2.45, 2.75) is 20.8 Å². The molecule has 8 heteroatoms. The molecule has 28 heavy (non-hydrogen) atoms. The fourth-order valence-electron chi connectivity index (χ4n) is 2.53. The van der Waals surface area contributed by atoms with Crippen LogP contribution in [0.2, 0.25) is 0 Å². The Bertz CT molecular complexity index is 961. The Morgan fingerprint density at radius 3 is 2.39 bits per heavy atom. The van der Waals surface area contributed by atoms with Crippen LogP contribution >= 0.6 is 15.9 Å². The Morgan fingerprint density at radius 2 is 1.79 bits per heavy atom. The maximum absolute atomic E-state index is 12.3. The van der Waals surface area contributed by atoms with Gasteiger partial charge in [0.15, 0.2) is 0 Å². The SMILES string of the molecule is Cc1ccc(OCCNC(=O)CN(c2ccc(Br)c(C)c2)S(C)(=O)=O)cc1C. The van der Waals surface area contributed by atoms with Crippen molar-refractivity contribution in [3.63, 3.8) is 0 Å². The third-order valence-electron chi connectivity index (χ3n) is 4.29. The molecular weight excluding hydrogens is 444 g/mol. The number of hydrogen-bond acceptors (Lipinski definition) is 4. The van der Waals surface area contributed by atoms with Crippen LogP contribution in [0.3, 0.4) is 0 Å². The summed E-state index contributed by atoms with van der Waals surface area (Å²) in [6, 6.07) is 10.9. The second-order valence-corrected chi connectivity index (χ2v) is 9.41. The summed E-state index contributed by atoms with van der Waals surface area (Å²) < 4.78 is 31.9. The van der Waals surface area contributed by atoms with Crippen molar-refractivity contribution < 1.29 is 17.9 Å². The van der Waals surface area contributed by atoms with Crippen LogP contribution in [0.4, 0.5) is 5.69 Å². The van der Waals surface area contributed by atoms with E-state index in [1.807, 2.05) is 39.0 Å². The van der Waals surface area contributed by atoms with E-state index < -0.39 is 15.9 Å². The number of halogens is 1. The van der Waals surface area contributed by atoms with Crippen LogP contribution in [0, 0.1) is 20.8 Å². The lowest BCUT2D eigenvalue weighted by molar-refractivity contribution is -0.119. The van der Waals surface area contributed by atoms with Gasteiger partial charge in [-0.25, -0.2) is 8.42 Å². The Morgan fingerprint density at radius 1 is 1.07 bits per heavy atom. The van der Waals surface area contributed by atoms with Crippen LogP contribution in [-0.4, -0.2) is 40.3 Å². The van der Waals surface area contributed by atoms with E-state index in [4.69, 9.17) is 4.74 Å². The second kappa shape index (κ2) is 9.43. The van der Waals surface area contributed by atoms with Gasteiger partial charge in [0.25, 0.3) is 0 Å². The first-order valence-electron chi connectivity index (χ1n) is 8.78. The molecule has 1 amide bonds. The highest BCUT2D eigenvalue weighted by Crippen LogP contribution is 2.24. The number of rotatable bonds is 8. The minimum absolute atomic E-state index is 0.280. The van der Waals surface area contributed by atoms with Gasteiger partial charge in [-0.3, -0.25) is 9.10 Å². The van der Waals surface area contributed by atoms with Crippen molar-refractivity contribution in [2.24, 2.45) is 0 Å². The van der Waals surface area contributed by atoms with Crippen LogP contribution in [0.1, 0.15) is 16.7 Å². The molecular formula is C20H25BrN2O4S. The normalized spacial score (nSPS) is 11.2. The summed E-state index contributed by atoms with van der Waals surface area (Å²) in [6.45, 7) is 6.18. The van der Waals surface area contributed by atoms with Crippen molar-refractivity contribution in [1.29, 1.82) is 0 Å². The zero-order valence-electron chi connectivity index (χ0n) is 16.5. The molecule has 0 aromatic heterocycles. The minimum Gasteiger partial charge on any atom is -0.492 e. The lowest BCUT2D eigenvalue weighted by Crippen LogP contribution is -2.41. The van der Waals surface area contributed by atoms with Crippen molar-refractivity contribution in [2.75, 3.05) is 30.3 Å². The lowest BCUT2D eigenvalue weighted by atomic mass is 10.1. The monoisotopic (exact) mass is 468 g/mol. The van der Waals surface area contributed by atoms with E-state index >= 15 is 0 Å². The predicted molar refractivity (Wildman–Crippen MR) is 115 cm³/mol. The number of sulfonamides is 1. The molecule has 0 unspecified atom stereocenters. The average molecular weight is 469 g/mol. The Balaban J connectivity index is 1.93. The number of nitrogens with one attached hydrogen (secondary N) is 1. The molecule has 1 N–H and O–H groups in total. The summed E-state index contributed by atoms with van der Waals surface area (Å²) in [4.78, 5) is 12.3. The molecule has 0 aliphatic heterocycles. The van der Waals surface area contributed by atoms with Gasteiger partial charge in [0, 0.05) is 4.47 Å². The summed E-state index contributed by atoms with van der Waals surface area (Å²) in [5.41, 5.74) is 3.65. The largest absolute Gasteiger partial charge is 0.492 e. The fraction of sp³-hybridized carbons (Fsp3) is 0.350. The van der Waals surface area contributed by atoms with Crippen LogP contribution < -0.4 is 14.4 Å². The third-order valence-corrected chi connectivity index (χ3v) is 6.32. The zero-order chi connectivity index (χ0) is 20.9. The molecule has 6 nitrogen and oxygen atoms in total. The molecule has 2 aromatic carbocycles. The fourth-order valence-corrected chi connectivity index (χ4v) is 3.63. The molecule has 0 radical (unpaired) electrons. The molecule has 0 saturated carbocycles. The van der Waals surface area contributed by atoms with E-state index in [1.54, 1.807) is 18.2 Å². The van der Waals surface area contributed by atoms with Crippen molar-refractivity contribution in [3.05, 3.63) is 57.6 Å². The summed E-state index contributed by atoms with van der Waals surface area (Å²) in [7, 11) is -3.60. The topological polar surface area (TPSA) is 75.7 Å². The van der Waals surface area contributed by atoms with Gasteiger partial charge in [-0.2, -0.15) is 0 Å². The molecule has 152 valence electrons. The number of aryl methyl sites for hydroxylation is 3. The average Bonchev–Trinajstić information content (AvgIpc) is 2.61. The van der Waals surface area contributed by atoms with Gasteiger partial charge in [-0.15, -0.1) is 0 Å². The molecule has 0 aliphatic carbocycles. The number of carbonyl (C=O) groups excluding carboxylic acids is 1. The van der Waals surface area contributed by atoms with Gasteiger partial charge >= 0.3 is 0 Å². The first-order chi connectivity index (χ1) is 13.1. The standard InChI is InChI=1S/C20H25BrN2O4S/c1-14-5-7-18(12-15(14)2)27-10-9-22-20(24)13-23(28(4,25)26)17-6-8-19(21)16(3)11-17/h5-8,11-12H,9-10,13H2,1-4H3,(H,22,24). The molecule has 0 saturated heterocycles. The van der Waals surface area contributed by atoms with E-state index in [1.165, 1.54) is 5.56 Å². The predicted octanol–water partition coefficient (Wildman–Crippen LogP) is 3.34. The maximum Gasteiger partial charge on any atom is 0.240 e. The van der Waals surface area contributed by atoms with Gasteiger partial charge < -0.3 is 10.1 Å². The first kappa shape index (κ1) is 22.2. The molecule has 2 rings (SSSR count). The number of nitrogens with zero attached hydrogens (tertiary/aromatic N) is 1. The van der Waals surface area contributed by atoms with Gasteiger partial charge in [-0.05, 0) is 67.8 Å². The summed E-state index contributed by atoms with van der Waals surface area (Å²) in [5.74, 6) is 0.343. The number of anilines is 1. The molecule has 2 aromatic rings. The van der Waals surface area contributed by atoms with Crippen molar-refractivity contribution >= 4 is 37.5 Å². The van der Waals surface area contributed by atoms with E-state index in [2.05, 4.69) is 21.2 Å². The molecule has 0 heterocycles. The van der Waals surface area contributed by atoms with Gasteiger partial charge in [0.1, 0.15) is 18.9 Å². The number of hydrogen-bond donors (Lipinski definition) is 1. The Labute approximate surface area is 175 Å². The number of carbonyl (C=O) groups is 1. The smallest absolute Gasteiger partial charge is 0.240 e. The quantitative estimate of drug-likeness (QED) is 0.602. The summed E-state index contributed by atoms with van der Waals surface area (Å²) in [6.07, 6.45) is 1.08. The maximum atomic E-state index is 12.3. The van der Waals surface area contributed by atoms with Crippen LogP contribution in [0.5, 0.6) is 5.75 Å². The number of amides is 1. The molecule has 0 bridgehead atoms. The Hall–Kier alpha value is -2.06. The van der Waals surface area contributed by atoms with Crippen molar-refractivity contribution in [3.8, 4) is 5.75 Å². The van der Waals surface area contributed by atoms with Crippen LogP contribution in [-0.2, 0) is 14.8 Å². The second-order valence-electron chi connectivity index (χ2n) is 6.65. The summed E-state index contributed by atoms with van der Waals surface area (Å²) >= 11 is 3.39. The van der Waals surface area contributed by atoms with E-state index in [0.29, 0.717) is 12.3 Å². The lowest BCUT2D eigenvalue weighted by Gasteiger charge is -2.22. The molecule has 0 spiro atoms. The number of ether oxygens (including phenoxy) is 1.